The number of carbonyl (C=O) groups is 3. The van der Waals surface area contributed by atoms with Gasteiger partial charge in [0.15, 0.2) is 0 Å². The zero-order valence-electron chi connectivity index (χ0n) is 14.4. The van der Waals surface area contributed by atoms with Crippen molar-refractivity contribution in [2.75, 3.05) is 24.6 Å². The maximum Gasteiger partial charge on any atom is 0.310 e. The Hall–Kier alpha value is -1.63. The highest BCUT2D eigenvalue weighted by molar-refractivity contribution is 6.35. The van der Waals surface area contributed by atoms with Crippen molar-refractivity contribution in [3.05, 3.63) is 28.2 Å². The first-order valence-corrected chi connectivity index (χ1v) is 9.40. The quantitative estimate of drug-likeness (QED) is 0.576. The van der Waals surface area contributed by atoms with E-state index in [2.05, 4.69) is 0 Å². The summed E-state index contributed by atoms with van der Waals surface area (Å²) in [7, 11) is 0. The largest absolute Gasteiger partial charge is 0.466 e. The lowest BCUT2D eigenvalue weighted by molar-refractivity contribution is -0.150. The van der Waals surface area contributed by atoms with Crippen molar-refractivity contribution in [2.24, 2.45) is 5.92 Å². The molecule has 1 aromatic rings. The number of rotatable bonds is 4. The maximum atomic E-state index is 12.9. The Balaban J connectivity index is 1.77. The van der Waals surface area contributed by atoms with Gasteiger partial charge in [0.05, 0.1) is 30.7 Å². The SMILES string of the molecule is CCOC(=O)[C@H]1CCCN([C@H]2CC(=O)N(c3cc(Cl)cc(Cl)c3)C2=O)C1. The van der Waals surface area contributed by atoms with E-state index in [9.17, 15) is 14.4 Å². The number of hydrogen-bond donors (Lipinski definition) is 0. The Bertz CT molecular complexity index is 720. The summed E-state index contributed by atoms with van der Waals surface area (Å²) in [4.78, 5) is 40.5. The van der Waals surface area contributed by atoms with Gasteiger partial charge in [0.1, 0.15) is 0 Å². The molecule has 6 nitrogen and oxygen atoms in total. The number of amides is 2. The summed E-state index contributed by atoms with van der Waals surface area (Å²) in [6.45, 7) is 3.20. The normalized spacial score (nSPS) is 24.2. The first-order chi connectivity index (χ1) is 12.4. The number of piperidine rings is 1. The van der Waals surface area contributed by atoms with E-state index in [-0.39, 0.29) is 30.1 Å². The van der Waals surface area contributed by atoms with E-state index < -0.39 is 6.04 Å². The molecule has 0 bridgehead atoms. The standard InChI is InChI=1S/C18H20Cl2N2O4/c1-2-26-18(25)11-4-3-5-21(10-11)15-9-16(23)22(17(15)24)14-7-12(19)6-13(20)8-14/h6-8,11,15H,2-5,9-10H2,1H3/t11-,15-/m0/s1. The van der Waals surface area contributed by atoms with Crippen molar-refractivity contribution in [1.29, 1.82) is 0 Å². The van der Waals surface area contributed by atoms with Crippen molar-refractivity contribution in [3.8, 4) is 0 Å². The Morgan fingerprint density at radius 2 is 1.92 bits per heavy atom. The van der Waals surface area contributed by atoms with Crippen LogP contribution in [0.3, 0.4) is 0 Å². The van der Waals surface area contributed by atoms with Gasteiger partial charge in [-0.3, -0.25) is 19.3 Å². The average molecular weight is 399 g/mol. The number of hydrogen-bond acceptors (Lipinski definition) is 5. The fourth-order valence-electron chi connectivity index (χ4n) is 3.58. The smallest absolute Gasteiger partial charge is 0.310 e. The molecule has 2 aliphatic rings. The van der Waals surface area contributed by atoms with Gasteiger partial charge in [0, 0.05) is 16.6 Å². The van der Waals surface area contributed by atoms with Gasteiger partial charge in [-0.05, 0) is 44.5 Å². The summed E-state index contributed by atoms with van der Waals surface area (Å²) in [5.74, 6) is -1.11. The predicted molar refractivity (Wildman–Crippen MR) is 98.3 cm³/mol. The van der Waals surface area contributed by atoms with Crippen LogP contribution in [0.4, 0.5) is 5.69 Å². The molecule has 0 aromatic heterocycles. The molecular formula is C18H20Cl2N2O4. The molecule has 2 fully saturated rings. The Morgan fingerprint density at radius 3 is 2.58 bits per heavy atom. The summed E-state index contributed by atoms with van der Waals surface area (Å²) in [5.41, 5.74) is 0.374. The van der Waals surface area contributed by atoms with E-state index in [0.717, 1.165) is 17.7 Å². The van der Waals surface area contributed by atoms with E-state index in [4.69, 9.17) is 27.9 Å². The topological polar surface area (TPSA) is 66.9 Å². The average Bonchev–Trinajstić information content (AvgIpc) is 2.89. The Kier molecular flexibility index (Phi) is 5.85. The van der Waals surface area contributed by atoms with Gasteiger partial charge in [-0.15, -0.1) is 0 Å². The van der Waals surface area contributed by atoms with Gasteiger partial charge in [-0.2, -0.15) is 0 Å². The zero-order chi connectivity index (χ0) is 18.8. The van der Waals surface area contributed by atoms with E-state index >= 15 is 0 Å². The highest BCUT2D eigenvalue weighted by Crippen LogP contribution is 2.32. The van der Waals surface area contributed by atoms with Crippen LogP contribution in [0.1, 0.15) is 26.2 Å². The first-order valence-electron chi connectivity index (χ1n) is 8.64. The second kappa shape index (κ2) is 7.94. The van der Waals surface area contributed by atoms with E-state index in [1.807, 2.05) is 4.90 Å². The summed E-state index contributed by atoms with van der Waals surface area (Å²) < 4.78 is 5.10. The van der Waals surface area contributed by atoms with Gasteiger partial charge in [-0.25, -0.2) is 4.90 Å². The molecule has 2 heterocycles. The van der Waals surface area contributed by atoms with Crippen molar-refractivity contribution >= 4 is 46.7 Å². The van der Waals surface area contributed by atoms with Crippen molar-refractivity contribution in [1.82, 2.24) is 4.90 Å². The summed E-state index contributed by atoms with van der Waals surface area (Å²) in [5, 5.41) is 0.716. The first kappa shape index (κ1) is 19.1. The second-order valence-corrected chi connectivity index (χ2v) is 7.37. The van der Waals surface area contributed by atoms with Crippen LogP contribution in [0.15, 0.2) is 18.2 Å². The van der Waals surface area contributed by atoms with Crippen LogP contribution in [0.2, 0.25) is 10.0 Å². The minimum absolute atomic E-state index is 0.0819. The van der Waals surface area contributed by atoms with Crippen molar-refractivity contribution < 1.29 is 19.1 Å². The van der Waals surface area contributed by atoms with Crippen LogP contribution < -0.4 is 4.90 Å². The van der Waals surface area contributed by atoms with Crippen LogP contribution in [0.5, 0.6) is 0 Å². The highest BCUT2D eigenvalue weighted by Gasteiger charge is 2.44. The molecule has 0 spiro atoms. The molecule has 26 heavy (non-hydrogen) atoms. The van der Waals surface area contributed by atoms with Gasteiger partial charge in [-0.1, -0.05) is 23.2 Å². The summed E-state index contributed by atoms with van der Waals surface area (Å²) in [6.07, 6.45) is 1.60. The minimum atomic E-state index is -0.572. The van der Waals surface area contributed by atoms with Crippen molar-refractivity contribution in [2.45, 2.75) is 32.2 Å². The van der Waals surface area contributed by atoms with Crippen LogP contribution in [0, 0.1) is 5.92 Å². The molecule has 2 saturated heterocycles. The fourth-order valence-corrected chi connectivity index (χ4v) is 4.10. The molecule has 0 aliphatic carbocycles. The van der Waals surface area contributed by atoms with Crippen molar-refractivity contribution in [3.63, 3.8) is 0 Å². The second-order valence-electron chi connectivity index (χ2n) is 6.50. The van der Waals surface area contributed by atoms with E-state index in [1.165, 1.54) is 0 Å². The zero-order valence-corrected chi connectivity index (χ0v) is 15.9. The number of carbonyl (C=O) groups excluding carboxylic acids is 3. The molecule has 0 N–H and O–H groups in total. The monoisotopic (exact) mass is 398 g/mol. The number of likely N-dealkylation sites (tertiary alicyclic amines) is 1. The number of esters is 1. The summed E-state index contributed by atoms with van der Waals surface area (Å²) in [6, 6.07) is 4.06. The molecule has 2 amide bonds. The molecular weight excluding hydrogens is 379 g/mol. The van der Waals surface area contributed by atoms with Gasteiger partial charge in [0.2, 0.25) is 5.91 Å². The molecule has 2 aliphatic heterocycles. The Labute approximate surface area is 162 Å². The van der Waals surface area contributed by atoms with Gasteiger partial charge >= 0.3 is 5.97 Å². The number of imide groups is 1. The molecule has 0 radical (unpaired) electrons. The maximum absolute atomic E-state index is 12.9. The molecule has 8 heteroatoms. The minimum Gasteiger partial charge on any atom is -0.466 e. The molecule has 2 atom stereocenters. The van der Waals surface area contributed by atoms with Crippen LogP contribution >= 0.6 is 23.2 Å². The number of anilines is 1. The van der Waals surface area contributed by atoms with E-state index in [1.54, 1.807) is 25.1 Å². The molecule has 1 aromatic carbocycles. The molecule has 0 saturated carbocycles. The molecule has 3 rings (SSSR count). The lowest BCUT2D eigenvalue weighted by Crippen LogP contribution is -2.48. The summed E-state index contributed by atoms with van der Waals surface area (Å²) >= 11 is 12.0. The molecule has 0 unspecified atom stereocenters. The molecule has 140 valence electrons. The van der Waals surface area contributed by atoms with Gasteiger partial charge in [0.25, 0.3) is 5.91 Å². The highest BCUT2D eigenvalue weighted by atomic mass is 35.5. The lowest BCUT2D eigenvalue weighted by Gasteiger charge is -2.34. The fraction of sp³-hybridized carbons (Fsp3) is 0.500. The number of nitrogens with zero attached hydrogens (tertiary/aromatic N) is 2. The third-order valence-electron chi connectivity index (χ3n) is 4.74. The van der Waals surface area contributed by atoms with Crippen LogP contribution in [-0.4, -0.2) is 48.4 Å². The third-order valence-corrected chi connectivity index (χ3v) is 5.18. The Morgan fingerprint density at radius 1 is 1.23 bits per heavy atom. The predicted octanol–water partition coefficient (Wildman–Crippen LogP) is 2.90. The van der Waals surface area contributed by atoms with Crippen LogP contribution in [-0.2, 0) is 19.1 Å². The number of halogens is 2. The van der Waals surface area contributed by atoms with Crippen LogP contribution in [0.25, 0.3) is 0 Å². The van der Waals surface area contributed by atoms with Gasteiger partial charge < -0.3 is 4.74 Å². The lowest BCUT2D eigenvalue weighted by atomic mass is 9.96. The number of ether oxygens (including phenoxy) is 1. The number of benzene rings is 1. The third kappa shape index (κ3) is 3.87. The van der Waals surface area contributed by atoms with E-state index in [0.29, 0.717) is 35.4 Å².